The summed E-state index contributed by atoms with van der Waals surface area (Å²) >= 11 is 0. The summed E-state index contributed by atoms with van der Waals surface area (Å²) in [4.78, 5) is 12.8. The van der Waals surface area contributed by atoms with Crippen LogP contribution in [0.5, 0.6) is 0 Å². The van der Waals surface area contributed by atoms with Crippen molar-refractivity contribution in [2.24, 2.45) is 36.6 Å². The fourth-order valence-corrected chi connectivity index (χ4v) is 5.22. The van der Waals surface area contributed by atoms with Crippen LogP contribution in [0.2, 0.25) is 0 Å². The number of hydrogen-bond donors (Lipinski definition) is 1. The molecule has 4 aliphatic rings. The van der Waals surface area contributed by atoms with Gasteiger partial charge in [0.05, 0.1) is 6.20 Å². The second-order valence-electron chi connectivity index (χ2n) is 7.09. The molecule has 0 aromatic carbocycles. The van der Waals surface area contributed by atoms with Crippen LogP contribution in [0.1, 0.15) is 37.7 Å². The highest BCUT2D eigenvalue weighted by atomic mass is 16.2. The van der Waals surface area contributed by atoms with Gasteiger partial charge in [0.25, 0.3) is 0 Å². The number of nitrogens with one attached hydrogen (secondary N) is 1. The zero-order valence-electron chi connectivity index (χ0n) is 12.2. The monoisotopic (exact) mass is 284 g/mol. The van der Waals surface area contributed by atoms with Crippen LogP contribution < -0.4 is 5.32 Å². The van der Waals surface area contributed by atoms with Gasteiger partial charge in [0.1, 0.15) is 17.5 Å². The number of aryl methyl sites for hydroxylation is 1. The van der Waals surface area contributed by atoms with Crippen LogP contribution in [0.4, 0.5) is 5.82 Å². The Morgan fingerprint density at radius 1 is 1.29 bits per heavy atom. The van der Waals surface area contributed by atoms with Crippen molar-refractivity contribution in [2.75, 3.05) is 5.32 Å². The molecule has 1 heterocycles. The number of rotatable bonds is 2. The lowest BCUT2D eigenvalue weighted by atomic mass is 9.51. The Morgan fingerprint density at radius 3 is 2.48 bits per heavy atom. The summed E-state index contributed by atoms with van der Waals surface area (Å²) in [7, 11) is 1.76. The van der Waals surface area contributed by atoms with E-state index < -0.39 is 0 Å². The van der Waals surface area contributed by atoms with Crippen molar-refractivity contribution in [3.63, 3.8) is 0 Å². The lowest BCUT2D eigenvalue weighted by Gasteiger charge is -2.53. The predicted octanol–water partition coefficient (Wildman–Crippen LogP) is 2.30. The minimum absolute atomic E-state index is 0.101. The molecule has 1 aromatic heterocycles. The maximum absolute atomic E-state index is 12.8. The molecule has 4 aliphatic carbocycles. The summed E-state index contributed by atoms with van der Waals surface area (Å²) in [5.41, 5.74) is 0.440. The Balaban J connectivity index is 1.56. The Bertz CT molecular complexity index is 599. The molecule has 1 N–H and O–H groups in total. The van der Waals surface area contributed by atoms with Crippen molar-refractivity contribution in [3.05, 3.63) is 11.8 Å². The van der Waals surface area contributed by atoms with E-state index in [-0.39, 0.29) is 11.8 Å². The van der Waals surface area contributed by atoms with Crippen LogP contribution in [0.25, 0.3) is 0 Å². The third-order valence-corrected chi connectivity index (χ3v) is 5.83. The van der Waals surface area contributed by atoms with Crippen LogP contribution in [-0.2, 0) is 11.8 Å². The van der Waals surface area contributed by atoms with Gasteiger partial charge in [-0.1, -0.05) is 0 Å². The van der Waals surface area contributed by atoms with Crippen molar-refractivity contribution in [3.8, 4) is 6.07 Å². The van der Waals surface area contributed by atoms with Crippen LogP contribution in [0, 0.1) is 40.9 Å². The van der Waals surface area contributed by atoms with Crippen molar-refractivity contribution in [2.45, 2.75) is 32.1 Å². The summed E-state index contributed by atoms with van der Waals surface area (Å²) in [5.74, 6) is 3.62. The van der Waals surface area contributed by atoms with Gasteiger partial charge in [-0.05, 0) is 55.8 Å². The molecule has 4 saturated carbocycles. The maximum atomic E-state index is 12.8. The van der Waals surface area contributed by atoms with Gasteiger partial charge >= 0.3 is 0 Å². The number of carbonyl (C=O) groups is 1. The van der Waals surface area contributed by atoms with E-state index in [1.807, 2.05) is 0 Å². The zero-order valence-corrected chi connectivity index (χ0v) is 12.2. The van der Waals surface area contributed by atoms with E-state index in [9.17, 15) is 4.79 Å². The summed E-state index contributed by atoms with van der Waals surface area (Å²) < 4.78 is 1.58. The zero-order chi connectivity index (χ0) is 14.6. The lowest BCUT2D eigenvalue weighted by molar-refractivity contribution is -0.132. The molecule has 4 fully saturated rings. The van der Waals surface area contributed by atoms with E-state index in [4.69, 9.17) is 5.26 Å². The number of anilines is 1. The van der Waals surface area contributed by atoms with Gasteiger partial charge in [-0.3, -0.25) is 9.48 Å². The molecule has 21 heavy (non-hydrogen) atoms. The van der Waals surface area contributed by atoms with Gasteiger partial charge in [0, 0.05) is 13.0 Å². The molecule has 0 unspecified atom stereocenters. The number of carbonyl (C=O) groups excluding carboxylic acids is 1. The van der Waals surface area contributed by atoms with Gasteiger partial charge in [-0.25, -0.2) is 0 Å². The molecule has 110 valence electrons. The van der Waals surface area contributed by atoms with Gasteiger partial charge in [-0.15, -0.1) is 0 Å². The summed E-state index contributed by atoms with van der Waals surface area (Å²) in [5, 5.41) is 16.1. The quantitative estimate of drug-likeness (QED) is 0.906. The number of nitriles is 1. The van der Waals surface area contributed by atoms with Crippen molar-refractivity contribution < 1.29 is 4.79 Å². The molecule has 0 saturated heterocycles. The van der Waals surface area contributed by atoms with Crippen molar-refractivity contribution in [1.82, 2.24) is 9.78 Å². The lowest BCUT2D eigenvalue weighted by Crippen LogP contribution is -2.49. The molecular formula is C16H20N4O. The van der Waals surface area contributed by atoms with Crippen LogP contribution in [-0.4, -0.2) is 15.7 Å². The van der Waals surface area contributed by atoms with E-state index in [0.29, 0.717) is 23.2 Å². The van der Waals surface area contributed by atoms with Crippen molar-refractivity contribution >= 4 is 11.7 Å². The average molecular weight is 284 g/mol. The maximum Gasteiger partial charge on any atom is 0.229 e. The van der Waals surface area contributed by atoms with Crippen LogP contribution in [0.3, 0.4) is 0 Å². The third-order valence-electron chi connectivity index (χ3n) is 5.83. The SMILES string of the molecule is Cn1ncc(C#N)c1NC(=O)C1C2CC3CC(C2)CC1C3. The second-order valence-corrected chi connectivity index (χ2v) is 7.09. The highest BCUT2D eigenvalue weighted by Crippen LogP contribution is 2.56. The van der Waals surface area contributed by atoms with E-state index in [1.165, 1.54) is 38.3 Å². The molecule has 0 aliphatic heterocycles. The van der Waals surface area contributed by atoms with E-state index >= 15 is 0 Å². The normalized spacial score (nSPS) is 36.5. The molecule has 5 nitrogen and oxygen atoms in total. The third kappa shape index (κ3) is 1.97. The molecular weight excluding hydrogens is 264 g/mol. The smallest absolute Gasteiger partial charge is 0.229 e. The summed E-state index contributed by atoms with van der Waals surface area (Å²) in [6.45, 7) is 0. The highest BCUT2D eigenvalue weighted by Gasteiger charge is 2.50. The number of hydrogen-bond acceptors (Lipinski definition) is 3. The van der Waals surface area contributed by atoms with E-state index in [2.05, 4.69) is 16.5 Å². The Hall–Kier alpha value is -1.83. The van der Waals surface area contributed by atoms with Gasteiger partial charge < -0.3 is 5.32 Å². The Morgan fingerprint density at radius 2 is 1.90 bits per heavy atom. The standard InChI is InChI=1S/C16H20N4O/c1-20-15(13(7-17)8-18-20)19-16(21)14-11-3-9-2-10(5-11)6-12(14)4-9/h8-12,14H,2-6H2,1H3,(H,19,21). The molecule has 5 rings (SSSR count). The topological polar surface area (TPSA) is 70.7 Å². The molecule has 5 heteroatoms. The Kier molecular flexibility index (Phi) is 2.81. The molecule has 4 bridgehead atoms. The first-order valence-electron chi connectivity index (χ1n) is 7.88. The minimum atomic E-state index is 0.101. The minimum Gasteiger partial charge on any atom is -0.310 e. The average Bonchev–Trinajstić information content (AvgIpc) is 2.78. The summed E-state index contributed by atoms with van der Waals surface area (Å²) in [6.07, 6.45) is 7.79. The predicted molar refractivity (Wildman–Crippen MR) is 77.1 cm³/mol. The first-order valence-corrected chi connectivity index (χ1v) is 7.88. The summed E-state index contributed by atoms with van der Waals surface area (Å²) in [6, 6.07) is 2.09. The Labute approximate surface area is 124 Å². The molecule has 0 radical (unpaired) electrons. The molecule has 1 amide bonds. The molecule has 1 aromatic rings. The van der Waals surface area contributed by atoms with E-state index in [0.717, 1.165) is 11.8 Å². The van der Waals surface area contributed by atoms with E-state index in [1.54, 1.807) is 11.7 Å². The van der Waals surface area contributed by atoms with Gasteiger partial charge in [-0.2, -0.15) is 10.4 Å². The first-order chi connectivity index (χ1) is 10.2. The molecule has 0 spiro atoms. The number of aromatic nitrogens is 2. The highest BCUT2D eigenvalue weighted by molar-refractivity contribution is 5.93. The van der Waals surface area contributed by atoms with Gasteiger partial charge in [0.2, 0.25) is 5.91 Å². The van der Waals surface area contributed by atoms with Crippen LogP contribution in [0.15, 0.2) is 6.20 Å². The molecule has 0 atom stereocenters. The number of amides is 1. The number of nitrogens with zero attached hydrogens (tertiary/aromatic N) is 3. The largest absolute Gasteiger partial charge is 0.310 e. The van der Waals surface area contributed by atoms with Gasteiger partial charge in [0.15, 0.2) is 0 Å². The second kappa shape index (κ2) is 4.59. The fourth-order valence-electron chi connectivity index (χ4n) is 5.22. The van der Waals surface area contributed by atoms with Crippen molar-refractivity contribution in [1.29, 1.82) is 5.26 Å². The first kappa shape index (κ1) is 12.9. The fraction of sp³-hybridized carbons (Fsp3) is 0.688. The van der Waals surface area contributed by atoms with Crippen LogP contribution >= 0.6 is 0 Å².